The third kappa shape index (κ3) is 4.39. The Bertz CT molecular complexity index is 329. The van der Waals surface area contributed by atoms with Gasteiger partial charge in [-0.15, -0.1) is 0 Å². The monoisotopic (exact) mass is 233 g/mol. The van der Waals surface area contributed by atoms with Crippen LogP contribution in [0.3, 0.4) is 0 Å². The highest BCUT2D eigenvalue weighted by Crippen LogP contribution is 2.20. The van der Waals surface area contributed by atoms with E-state index in [1.54, 1.807) is 0 Å². The summed E-state index contributed by atoms with van der Waals surface area (Å²) >= 11 is 0. The van der Waals surface area contributed by atoms with Crippen molar-refractivity contribution in [1.29, 1.82) is 0 Å². The summed E-state index contributed by atoms with van der Waals surface area (Å²) in [5.41, 5.74) is 1.38. The van der Waals surface area contributed by atoms with Gasteiger partial charge in [0.25, 0.3) is 0 Å². The van der Waals surface area contributed by atoms with Crippen LogP contribution < -0.4 is 10.1 Å². The van der Waals surface area contributed by atoms with Gasteiger partial charge in [-0.05, 0) is 50.3 Å². The third-order valence-corrected chi connectivity index (χ3v) is 3.04. The van der Waals surface area contributed by atoms with Crippen LogP contribution in [0.25, 0.3) is 0 Å². The molecule has 0 radical (unpaired) electrons. The molecule has 2 rings (SSSR count). The molecule has 0 spiro atoms. The summed E-state index contributed by atoms with van der Waals surface area (Å²) in [7, 11) is 0. The topological polar surface area (TPSA) is 21.3 Å². The summed E-state index contributed by atoms with van der Waals surface area (Å²) in [6.45, 7) is 5.19. The number of hydrogen-bond acceptors (Lipinski definition) is 2. The van der Waals surface area contributed by atoms with Crippen molar-refractivity contribution in [3.8, 4) is 5.75 Å². The van der Waals surface area contributed by atoms with Crippen LogP contribution in [0, 0.1) is 0 Å². The maximum Gasteiger partial charge on any atom is 0.119 e. The van der Waals surface area contributed by atoms with E-state index < -0.39 is 0 Å². The number of rotatable bonds is 7. The molecule has 1 atom stereocenters. The standard InChI is InChI=1S/C15H23NO/c1-3-10-17-15-8-4-13(5-9-15)11-12(2)16-14-6-7-14/h4-5,8-9,12,14,16H,3,6-7,10-11H2,1-2H3. The maximum atomic E-state index is 5.57. The second-order valence-electron chi connectivity index (χ2n) is 5.04. The number of hydrogen-bond donors (Lipinski definition) is 1. The summed E-state index contributed by atoms with van der Waals surface area (Å²) in [5.74, 6) is 0.985. The molecule has 1 fully saturated rings. The lowest BCUT2D eigenvalue weighted by atomic mass is 10.1. The van der Waals surface area contributed by atoms with E-state index in [1.807, 2.05) is 0 Å². The summed E-state index contributed by atoms with van der Waals surface area (Å²) < 4.78 is 5.57. The van der Waals surface area contributed by atoms with Gasteiger partial charge >= 0.3 is 0 Å². The van der Waals surface area contributed by atoms with Crippen molar-refractivity contribution in [2.75, 3.05) is 6.61 Å². The van der Waals surface area contributed by atoms with Crippen LogP contribution in [0.1, 0.15) is 38.7 Å². The second-order valence-corrected chi connectivity index (χ2v) is 5.04. The van der Waals surface area contributed by atoms with Crippen LogP contribution in [-0.2, 0) is 6.42 Å². The molecule has 1 aliphatic rings. The van der Waals surface area contributed by atoms with E-state index in [9.17, 15) is 0 Å². The molecule has 0 aromatic heterocycles. The lowest BCUT2D eigenvalue weighted by Crippen LogP contribution is -2.29. The molecule has 0 bridgehead atoms. The zero-order valence-corrected chi connectivity index (χ0v) is 10.9. The van der Waals surface area contributed by atoms with Crippen molar-refractivity contribution >= 4 is 0 Å². The van der Waals surface area contributed by atoms with Gasteiger partial charge in [-0.2, -0.15) is 0 Å². The van der Waals surface area contributed by atoms with Crippen LogP contribution in [0.2, 0.25) is 0 Å². The first-order valence-electron chi connectivity index (χ1n) is 6.75. The van der Waals surface area contributed by atoms with Gasteiger partial charge in [0.1, 0.15) is 5.75 Å². The minimum absolute atomic E-state index is 0.574. The highest BCUT2D eigenvalue weighted by atomic mass is 16.5. The van der Waals surface area contributed by atoms with Crippen LogP contribution in [0.4, 0.5) is 0 Å². The lowest BCUT2D eigenvalue weighted by molar-refractivity contribution is 0.317. The Morgan fingerprint density at radius 1 is 1.29 bits per heavy atom. The fourth-order valence-electron chi connectivity index (χ4n) is 2.01. The normalized spacial score (nSPS) is 16.8. The first-order chi connectivity index (χ1) is 8.28. The Morgan fingerprint density at radius 2 is 2.00 bits per heavy atom. The number of benzene rings is 1. The predicted octanol–water partition coefficient (Wildman–Crippen LogP) is 3.16. The maximum absolute atomic E-state index is 5.57. The van der Waals surface area contributed by atoms with Crippen molar-refractivity contribution in [2.24, 2.45) is 0 Å². The molecule has 0 saturated heterocycles. The highest BCUT2D eigenvalue weighted by Gasteiger charge is 2.22. The zero-order valence-electron chi connectivity index (χ0n) is 10.9. The SMILES string of the molecule is CCCOc1ccc(CC(C)NC2CC2)cc1. The molecule has 1 N–H and O–H groups in total. The molecule has 0 heterocycles. The average molecular weight is 233 g/mol. The van der Waals surface area contributed by atoms with E-state index in [0.29, 0.717) is 6.04 Å². The van der Waals surface area contributed by atoms with Crippen molar-refractivity contribution in [1.82, 2.24) is 5.32 Å². The van der Waals surface area contributed by atoms with Crippen molar-refractivity contribution in [3.05, 3.63) is 29.8 Å². The number of nitrogens with one attached hydrogen (secondary N) is 1. The molecule has 1 aromatic carbocycles. The van der Waals surface area contributed by atoms with Crippen LogP contribution in [-0.4, -0.2) is 18.7 Å². The molecule has 0 aliphatic heterocycles. The minimum Gasteiger partial charge on any atom is -0.494 e. The van der Waals surface area contributed by atoms with Gasteiger partial charge in [0.05, 0.1) is 6.61 Å². The van der Waals surface area contributed by atoms with E-state index in [4.69, 9.17) is 4.74 Å². The molecule has 1 aromatic rings. The molecular formula is C15H23NO. The molecule has 94 valence electrons. The predicted molar refractivity (Wildman–Crippen MR) is 71.6 cm³/mol. The summed E-state index contributed by atoms with van der Waals surface area (Å²) in [5, 5.41) is 3.62. The average Bonchev–Trinajstić information content (AvgIpc) is 3.12. The molecule has 17 heavy (non-hydrogen) atoms. The van der Waals surface area contributed by atoms with E-state index >= 15 is 0 Å². The Hall–Kier alpha value is -1.02. The van der Waals surface area contributed by atoms with Gasteiger partial charge in [0.15, 0.2) is 0 Å². The zero-order chi connectivity index (χ0) is 12.1. The number of ether oxygens (including phenoxy) is 1. The Balaban J connectivity index is 1.79. The largest absolute Gasteiger partial charge is 0.494 e. The van der Waals surface area contributed by atoms with Crippen molar-refractivity contribution < 1.29 is 4.74 Å². The minimum atomic E-state index is 0.574. The summed E-state index contributed by atoms with van der Waals surface area (Å²) in [6, 6.07) is 9.87. The van der Waals surface area contributed by atoms with Gasteiger partial charge in [0.2, 0.25) is 0 Å². The van der Waals surface area contributed by atoms with Crippen molar-refractivity contribution in [3.63, 3.8) is 0 Å². The summed E-state index contributed by atoms with van der Waals surface area (Å²) in [4.78, 5) is 0. The fraction of sp³-hybridized carbons (Fsp3) is 0.600. The summed E-state index contributed by atoms with van der Waals surface area (Å²) in [6.07, 6.45) is 4.87. The smallest absolute Gasteiger partial charge is 0.119 e. The van der Waals surface area contributed by atoms with Gasteiger partial charge in [-0.25, -0.2) is 0 Å². The Labute approximate surface area is 104 Å². The van der Waals surface area contributed by atoms with Gasteiger partial charge in [0, 0.05) is 12.1 Å². The second kappa shape index (κ2) is 6.06. The molecular weight excluding hydrogens is 210 g/mol. The van der Waals surface area contributed by atoms with E-state index in [0.717, 1.165) is 31.2 Å². The Morgan fingerprint density at radius 3 is 2.59 bits per heavy atom. The van der Waals surface area contributed by atoms with Crippen LogP contribution >= 0.6 is 0 Å². The lowest BCUT2D eigenvalue weighted by Gasteiger charge is -2.13. The molecule has 2 nitrogen and oxygen atoms in total. The van der Waals surface area contributed by atoms with Gasteiger partial charge in [-0.3, -0.25) is 0 Å². The first-order valence-corrected chi connectivity index (χ1v) is 6.75. The van der Waals surface area contributed by atoms with Gasteiger partial charge < -0.3 is 10.1 Å². The van der Waals surface area contributed by atoms with Crippen LogP contribution in [0.15, 0.2) is 24.3 Å². The fourth-order valence-corrected chi connectivity index (χ4v) is 2.01. The van der Waals surface area contributed by atoms with Crippen LogP contribution in [0.5, 0.6) is 5.75 Å². The van der Waals surface area contributed by atoms with Crippen molar-refractivity contribution in [2.45, 2.75) is 51.6 Å². The molecule has 1 unspecified atom stereocenters. The van der Waals surface area contributed by atoms with E-state index in [1.165, 1.54) is 18.4 Å². The van der Waals surface area contributed by atoms with Gasteiger partial charge in [-0.1, -0.05) is 19.1 Å². The highest BCUT2D eigenvalue weighted by molar-refractivity contribution is 5.27. The molecule has 1 aliphatic carbocycles. The molecule has 0 amide bonds. The Kier molecular flexibility index (Phi) is 4.43. The van der Waals surface area contributed by atoms with E-state index in [-0.39, 0.29) is 0 Å². The quantitative estimate of drug-likeness (QED) is 0.781. The first kappa shape index (κ1) is 12.4. The molecule has 2 heteroatoms. The third-order valence-electron chi connectivity index (χ3n) is 3.04. The van der Waals surface area contributed by atoms with E-state index in [2.05, 4.69) is 43.4 Å². The molecule has 1 saturated carbocycles.